The largest absolute Gasteiger partial charge is 0.484 e. The van der Waals surface area contributed by atoms with Crippen LogP contribution >= 0.6 is 23.1 Å². The number of aromatic nitrogens is 1. The van der Waals surface area contributed by atoms with Crippen LogP contribution < -0.4 is 9.64 Å². The number of para-hydroxylation sites is 2. The monoisotopic (exact) mass is 413 g/mol. The lowest BCUT2D eigenvalue weighted by molar-refractivity contribution is -0.133. The third kappa shape index (κ3) is 3.95. The second kappa shape index (κ2) is 8.41. The molecule has 0 N–H and O–H groups in total. The lowest BCUT2D eigenvalue weighted by Gasteiger charge is -2.34. The molecule has 4 rings (SSSR count). The maximum Gasteiger partial charge on any atom is 0.260 e. The number of benzene rings is 2. The van der Waals surface area contributed by atoms with Crippen LogP contribution in [-0.4, -0.2) is 54.8 Å². The van der Waals surface area contributed by atoms with Crippen molar-refractivity contribution < 1.29 is 9.53 Å². The Morgan fingerprint density at radius 2 is 1.93 bits per heavy atom. The zero-order chi connectivity index (χ0) is 19.5. The average Bonchev–Trinajstić information content (AvgIpc) is 3.17. The topological polar surface area (TPSA) is 45.7 Å². The predicted octanol–water partition coefficient (Wildman–Crippen LogP) is 4.05. The van der Waals surface area contributed by atoms with Gasteiger partial charge in [0.05, 0.1) is 10.2 Å². The van der Waals surface area contributed by atoms with Crippen molar-refractivity contribution in [1.29, 1.82) is 0 Å². The fourth-order valence-electron chi connectivity index (χ4n) is 3.31. The van der Waals surface area contributed by atoms with Crippen LogP contribution in [0.25, 0.3) is 10.2 Å². The van der Waals surface area contributed by atoms with Gasteiger partial charge in [-0.2, -0.15) is 0 Å². The number of amides is 1. The normalized spacial score (nSPS) is 14.5. The SMILES string of the molecule is CSc1cccc2sc(N3CCN(C(=O)COc4ccccc4C)CC3)nc12. The Balaban J connectivity index is 1.35. The van der Waals surface area contributed by atoms with Gasteiger partial charge in [0.2, 0.25) is 0 Å². The van der Waals surface area contributed by atoms with Gasteiger partial charge in [-0.25, -0.2) is 4.98 Å². The first-order valence-corrected chi connectivity index (χ1v) is 11.3. The second-order valence-electron chi connectivity index (χ2n) is 6.73. The highest BCUT2D eigenvalue weighted by Crippen LogP contribution is 2.34. The first kappa shape index (κ1) is 19.1. The van der Waals surface area contributed by atoms with E-state index in [9.17, 15) is 4.79 Å². The molecular weight excluding hydrogens is 390 g/mol. The minimum absolute atomic E-state index is 0.0388. The Kier molecular flexibility index (Phi) is 5.73. The molecule has 0 saturated carbocycles. The number of carbonyl (C=O) groups is 1. The number of thiazole rings is 1. The summed E-state index contributed by atoms with van der Waals surface area (Å²) in [6.07, 6.45) is 2.08. The number of ether oxygens (including phenoxy) is 1. The third-order valence-electron chi connectivity index (χ3n) is 4.94. The first-order valence-electron chi connectivity index (χ1n) is 9.30. The van der Waals surface area contributed by atoms with Gasteiger partial charge in [0.15, 0.2) is 11.7 Å². The Morgan fingerprint density at radius 3 is 2.68 bits per heavy atom. The van der Waals surface area contributed by atoms with Gasteiger partial charge in [0.1, 0.15) is 5.75 Å². The summed E-state index contributed by atoms with van der Waals surface area (Å²) in [5.74, 6) is 0.811. The lowest BCUT2D eigenvalue weighted by Crippen LogP contribution is -2.50. The van der Waals surface area contributed by atoms with Crippen molar-refractivity contribution in [3.63, 3.8) is 0 Å². The van der Waals surface area contributed by atoms with E-state index < -0.39 is 0 Å². The van der Waals surface area contributed by atoms with Crippen LogP contribution in [0.4, 0.5) is 5.13 Å². The van der Waals surface area contributed by atoms with Crippen molar-refractivity contribution >= 4 is 44.4 Å². The van der Waals surface area contributed by atoms with Crippen LogP contribution in [0, 0.1) is 6.92 Å². The van der Waals surface area contributed by atoms with E-state index in [4.69, 9.17) is 9.72 Å². The standard InChI is InChI=1S/C21H23N3O2S2/c1-15-6-3-4-7-16(15)26-14-19(25)23-10-12-24(13-11-23)21-22-20-17(27-2)8-5-9-18(20)28-21/h3-9H,10-14H2,1-2H3. The molecule has 0 unspecified atom stereocenters. The van der Waals surface area contributed by atoms with Gasteiger partial charge >= 0.3 is 0 Å². The molecule has 0 atom stereocenters. The molecule has 2 heterocycles. The van der Waals surface area contributed by atoms with Crippen LogP contribution in [-0.2, 0) is 4.79 Å². The van der Waals surface area contributed by atoms with Gasteiger partial charge in [-0.05, 0) is 36.9 Å². The van der Waals surface area contributed by atoms with Gasteiger partial charge in [0.25, 0.3) is 5.91 Å². The van der Waals surface area contributed by atoms with E-state index in [2.05, 4.69) is 29.4 Å². The molecular formula is C21H23N3O2S2. The molecule has 28 heavy (non-hydrogen) atoms. The average molecular weight is 414 g/mol. The van der Waals surface area contributed by atoms with E-state index >= 15 is 0 Å². The van der Waals surface area contributed by atoms with Crippen molar-refractivity contribution in [2.24, 2.45) is 0 Å². The first-order chi connectivity index (χ1) is 13.7. The minimum Gasteiger partial charge on any atom is -0.484 e. The molecule has 3 aromatic rings. The van der Waals surface area contributed by atoms with Gasteiger partial charge < -0.3 is 14.5 Å². The third-order valence-corrected chi connectivity index (χ3v) is 6.79. The fourth-order valence-corrected chi connectivity index (χ4v) is 4.98. The molecule has 5 nitrogen and oxygen atoms in total. The maximum absolute atomic E-state index is 12.5. The second-order valence-corrected chi connectivity index (χ2v) is 8.58. The molecule has 1 aromatic heterocycles. The number of carbonyl (C=O) groups excluding carboxylic acids is 1. The Labute approximate surface area is 173 Å². The van der Waals surface area contributed by atoms with Crippen molar-refractivity contribution in [2.75, 3.05) is 43.9 Å². The maximum atomic E-state index is 12.5. The molecule has 1 aliphatic heterocycles. The summed E-state index contributed by atoms with van der Waals surface area (Å²) < 4.78 is 6.93. The molecule has 0 radical (unpaired) electrons. The predicted molar refractivity (Wildman–Crippen MR) is 117 cm³/mol. The zero-order valence-corrected chi connectivity index (χ0v) is 17.7. The summed E-state index contributed by atoms with van der Waals surface area (Å²) in [5.41, 5.74) is 2.13. The van der Waals surface area contributed by atoms with Crippen LogP contribution in [0.2, 0.25) is 0 Å². The smallest absolute Gasteiger partial charge is 0.260 e. The Hall–Kier alpha value is -2.25. The molecule has 7 heteroatoms. The summed E-state index contributed by atoms with van der Waals surface area (Å²) >= 11 is 3.45. The summed E-state index contributed by atoms with van der Waals surface area (Å²) in [6.45, 7) is 5.06. The molecule has 0 bridgehead atoms. The van der Waals surface area contributed by atoms with E-state index in [-0.39, 0.29) is 12.5 Å². The minimum atomic E-state index is 0.0388. The number of rotatable bonds is 5. The molecule has 0 spiro atoms. The number of thioether (sulfide) groups is 1. The van der Waals surface area contributed by atoms with E-state index in [0.717, 1.165) is 35.1 Å². The summed E-state index contributed by atoms with van der Waals surface area (Å²) in [5, 5.41) is 1.04. The summed E-state index contributed by atoms with van der Waals surface area (Å²) in [4.78, 5) is 22.7. The van der Waals surface area contributed by atoms with Crippen LogP contribution in [0.15, 0.2) is 47.4 Å². The molecule has 0 aliphatic carbocycles. The van der Waals surface area contributed by atoms with E-state index in [0.29, 0.717) is 13.1 Å². The van der Waals surface area contributed by atoms with Gasteiger partial charge in [0, 0.05) is 31.1 Å². The van der Waals surface area contributed by atoms with Crippen LogP contribution in [0.1, 0.15) is 5.56 Å². The molecule has 146 valence electrons. The number of aryl methyl sites for hydroxylation is 1. The molecule has 1 aliphatic rings. The highest BCUT2D eigenvalue weighted by atomic mass is 32.2. The zero-order valence-electron chi connectivity index (χ0n) is 16.1. The summed E-state index contributed by atoms with van der Waals surface area (Å²) in [6, 6.07) is 14.1. The molecule has 1 saturated heterocycles. The van der Waals surface area contributed by atoms with Crippen LogP contribution in [0.3, 0.4) is 0 Å². The van der Waals surface area contributed by atoms with Gasteiger partial charge in [-0.3, -0.25) is 4.79 Å². The highest BCUT2D eigenvalue weighted by molar-refractivity contribution is 7.98. The van der Waals surface area contributed by atoms with Crippen molar-refractivity contribution in [1.82, 2.24) is 9.88 Å². The van der Waals surface area contributed by atoms with Crippen LogP contribution in [0.5, 0.6) is 5.75 Å². The summed E-state index contributed by atoms with van der Waals surface area (Å²) in [7, 11) is 0. The highest BCUT2D eigenvalue weighted by Gasteiger charge is 2.23. The number of anilines is 1. The fraction of sp³-hybridized carbons (Fsp3) is 0.333. The van der Waals surface area contributed by atoms with E-state index in [1.54, 1.807) is 23.1 Å². The van der Waals surface area contributed by atoms with Crippen molar-refractivity contribution in [3.05, 3.63) is 48.0 Å². The number of fused-ring (bicyclic) bond motifs is 1. The molecule has 2 aromatic carbocycles. The lowest BCUT2D eigenvalue weighted by atomic mass is 10.2. The molecule has 1 amide bonds. The van der Waals surface area contributed by atoms with Crippen molar-refractivity contribution in [2.45, 2.75) is 11.8 Å². The molecule has 1 fully saturated rings. The number of hydrogen-bond acceptors (Lipinski definition) is 6. The Bertz CT molecular complexity index is 981. The number of hydrogen-bond donors (Lipinski definition) is 0. The number of nitrogens with zero attached hydrogens (tertiary/aromatic N) is 3. The Morgan fingerprint density at radius 1 is 1.14 bits per heavy atom. The van der Waals surface area contributed by atoms with Gasteiger partial charge in [-0.1, -0.05) is 35.6 Å². The quantitative estimate of drug-likeness (QED) is 0.591. The number of piperazine rings is 1. The van der Waals surface area contributed by atoms with Crippen molar-refractivity contribution in [3.8, 4) is 5.75 Å². The van der Waals surface area contributed by atoms with E-state index in [1.807, 2.05) is 36.1 Å². The van der Waals surface area contributed by atoms with E-state index in [1.165, 1.54) is 9.60 Å². The van der Waals surface area contributed by atoms with Gasteiger partial charge in [-0.15, -0.1) is 11.8 Å².